The molecule has 3 heterocycles. The predicted octanol–water partition coefficient (Wildman–Crippen LogP) is 2.43. The van der Waals surface area contributed by atoms with Crippen molar-refractivity contribution in [1.29, 1.82) is 0 Å². The number of hydrogen-bond acceptors (Lipinski definition) is 4. The summed E-state index contributed by atoms with van der Waals surface area (Å²) < 4.78 is 28.2. The van der Waals surface area contributed by atoms with Crippen LogP contribution >= 0.6 is 11.6 Å². The van der Waals surface area contributed by atoms with E-state index in [1.165, 1.54) is 6.20 Å². The Labute approximate surface area is 148 Å². The number of halogens is 1. The Kier molecular flexibility index (Phi) is 4.41. The number of piperidine rings is 2. The molecule has 3 aliphatic rings. The van der Waals surface area contributed by atoms with Gasteiger partial charge in [-0.25, -0.2) is 8.42 Å². The molecule has 4 rings (SSSR count). The van der Waals surface area contributed by atoms with E-state index in [9.17, 15) is 8.42 Å². The minimum Gasteiger partial charge on any atom is -0.314 e. The molecule has 130 valence electrons. The summed E-state index contributed by atoms with van der Waals surface area (Å²) >= 11 is 6.30. The molecule has 5 nitrogen and oxygen atoms in total. The van der Waals surface area contributed by atoms with Gasteiger partial charge in [0.1, 0.15) is 0 Å². The van der Waals surface area contributed by atoms with Crippen molar-refractivity contribution >= 4 is 26.5 Å². The smallest absolute Gasteiger partial charge is 0.243 e. The van der Waals surface area contributed by atoms with E-state index in [1.54, 1.807) is 10.5 Å². The van der Waals surface area contributed by atoms with E-state index in [1.807, 2.05) is 6.08 Å². The van der Waals surface area contributed by atoms with Gasteiger partial charge in [0.2, 0.25) is 10.0 Å². The molecule has 2 fully saturated rings. The summed E-state index contributed by atoms with van der Waals surface area (Å²) in [6.07, 6.45) is 9.71. The number of fused-ring (bicyclic) bond motifs is 2. The van der Waals surface area contributed by atoms with Crippen LogP contribution in [0.15, 0.2) is 18.5 Å². The van der Waals surface area contributed by atoms with Crippen molar-refractivity contribution in [2.75, 3.05) is 19.6 Å². The number of rotatable bonds is 2. The summed E-state index contributed by atoms with van der Waals surface area (Å²) in [4.78, 5) is 4.48. The van der Waals surface area contributed by atoms with Gasteiger partial charge in [-0.3, -0.25) is 4.98 Å². The Morgan fingerprint density at radius 1 is 1.29 bits per heavy atom. The zero-order valence-electron chi connectivity index (χ0n) is 13.5. The summed E-state index contributed by atoms with van der Waals surface area (Å²) in [5.41, 5.74) is 1.58. The molecule has 24 heavy (non-hydrogen) atoms. The second kappa shape index (κ2) is 6.41. The van der Waals surface area contributed by atoms with Gasteiger partial charge in [0.25, 0.3) is 0 Å². The van der Waals surface area contributed by atoms with Gasteiger partial charge in [-0.05, 0) is 50.1 Å². The molecular formula is C17H22ClN3O2S. The third-order valence-electron chi connectivity index (χ3n) is 5.44. The molecular weight excluding hydrogens is 346 g/mol. The summed E-state index contributed by atoms with van der Waals surface area (Å²) in [6, 6.07) is 0.464. The van der Waals surface area contributed by atoms with Gasteiger partial charge in [0.15, 0.2) is 0 Å². The average Bonchev–Trinajstić information content (AvgIpc) is 2.61. The monoisotopic (exact) mass is 367 g/mol. The summed E-state index contributed by atoms with van der Waals surface area (Å²) in [6.45, 7) is 2.23. The zero-order valence-corrected chi connectivity index (χ0v) is 15.1. The molecule has 2 atom stereocenters. The molecule has 1 aromatic rings. The normalized spacial score (nSPS) is 28.0. The number of nitrogens with one attached hydrogen (secondary N) is 1. The molecule has 0 bridgehead atoms. The van der Waals surface area contributed by atoms with Crippen molar-refractivity contribution in [3.63, 3.8) is 0 Å². The number of aryl methyl sites for hydroxylation is 1. The van der Waals surface area contributed by atoms with Crippen molar-refractivity contribution < 1.29 is 8.42 Å². The number of hydrogen-bond donors (Lipinski definition) is 1. The molecule has 1 N–H and O–H groups in total. The molecule has 7 heteroatoms. The highest BCUT2D eigenvalue weighted by Gasteiger charge is 2.38. The van der Waals surface area contributed by atoms with E-state index in [4.69, 9.17) is 11.6 Å². The number of allylic oxidation sites excluding steroid dienone is 1. The molecule has 2 aliphatic heterocycles. The van der Waals surface area contributed by atoms with E-state index >= 15 is 0 Å². The molecule has 0 spiro atoms. The molecule has 2 unspecified atom stereocenters. The van der Waals surface area contributed by atoms with Crippen molar-refractivity contribution in [3.8, 4) is 0 Å². The Balaban J connectivity index is 1.65. The van der Waals surface area contributed by atoms with E-state index in [0.717, 1.165) is 37.8 Å². The van der Waals surface area contributed by atoms with Crippen LogP contribution in [0.5, 0.6) is 0 Å². The van der Waals surface area contributed by atoms with Gasteiger partial charge in [0.05, 0.1) is 9.93 Å². The van der Waals surface area contributed by atoms with E-state index < -0.39 is 10.0 Å². The van der Waals surface area contributed by atoms with Crippen LogP contribution in [-0.2, 0) is 16.4 Å². The first-order valence-electron chi connectivity index (χ1n) is 8.64. The summed E-state index contributed by atoms with van der Waals surface area (Å²) in [5, 5.41) is 3.96. The van der Waals surface area contributed by atoms with E-state index in [2.05, 4.69) is 10.3 Å². The lowest BCUT2D eigenvalue weighted by molar-refractivity contribution is 0.172. The van der Waals surface area contributed by atoms with E-state index in [0.29, 0.717) is 47.0 Å². The first-order valence-corrected chi connectivity index (χ1v) is 10.5. The molecule has 0 radical (unpaired) electrons. The number of aromatic nitrogens is 1. The SMILES string of the molecule is O=S(=O)(C1=CCCc2cncc(Cl)c21)N1CCC2NCCCC2C1. The van der Waals surface area contributed by atoms with Crippen LogP contribution in [0.1, 0.15) is 36.8 Å². The van der Waals surface area contributed by atoms with Crippen LogP contribution in [0.4, 0.5) is 0 Å². The van der Waals surface area contributed by atoms with Gasteiger partial charge in [-0.2, -0.15) is 4.31 Å². The second-order valence-electron chi connectivity index (χ2n) is 6.88. The van der Waals surface area contributed by atoms with Gasteiger partial charge < -0.3 is 5.32 Å². The number of pyridine rings is 1. The van der Waals surface area contributed by atoms with Crippen molar-refractivity contribution in [2.45, 2.75) is 38.1 Å². The van der Waals surface area contributed by atoms with Crippen LogP contribution in [0.2, 0.25) is 5.02 Å². The number of nitrogens with zero attached hydrogens (tertiary/aromatic N) is 2. The molecule has 0 aromatic carbocycles. The van der Waals surface area contributed by atoms with Gasteiger partial charge in [-0.1, -0.05) is 17.7 Å². The lowest BCUT2D eigenvalue weighted by Crippen LogP contribution is -2.53. The van der Waals surface area contributed by atoms with Gasteiger partial charge >= 0.3 is 0 Å². The zero-order chi connectivity index (χ0) is 16.7. The molecule has 2 saturated heterocycles. The molecule has 0 saturated carbocycles. The maximum absolute atomic E-state index is 13.3. The van der Waals surface area contributed by atoms with Crippen LogP contribution in [-0.4, -0.2) is 43.4 Å². The molecule has 1 aromatic heterocycles. The predicted molar refractivity (Wildman–Crippen MR) is 95.2 cm³/mol. The first kappa shape index (κ1) is 16.5. The van der Waals surface area contributed by atoms with Crippen molar-refractivity contribution in [1.82, 2.24) is 14.6 Å². The third-order valence-corrected chi connectivity index (χ3v) is 7.67. The van der Waals surface area contributed by atoms with Crippen molar-refractivity contribution in [3.05, 3.63) is 34.6 Å². The largest absolute Gasteiger partial charge is 0.314 e. The fraction of sp³-hybridized carbons (Fsp3) is 0.588. The quantitative estimate of drug-likeness (QED) is 0.872. The Hall–Kier alpha value is -0.950. The van der Waals surface area contributed by atoms with Crippen LogP contribution < -0.4 is 5.32 Å². The van der Waals surface area contributed by atoms with Crippen LogP contribution in [0, 0.1) is 5.92 Å². The highest BCUT2D eigenvalue weighted by molar-refractivity contribution is 7.98. The van der Waals surface area contributed by atoms with E-state index in [-0.39, 0.29) is 0 Å². The Morgan fingerprint density at radius 2 is 2.17 bits per heavy atom. The van der Waals surface area contributed by atoms with Crippen LogP contribution in [0.3, 0.4) is 0 Å². The Morgan fingerprint density at radius 3 is 3.04 bits per heavy atom. The molecule has 1 aliphatic carbocycles. The Bertz CT molecular complexity index is 778. The fourth-order valence-corrected chi connectivity index (χ4v) is 6.38. The second-order valence-corrected chi connectivity index (χ2v) is 9.19. The average molecular weight is 368 g/mol. The molecule has 0 amide bonds. The minimum atomic E-state index is -3.52. The van der Waals surface area contributed by atoms with Gasteiger partial charge in [-0.15, -0.1) is 0 Å². The fourth-order valence-electron chi connectivity index (χ4n) is 4.20. The maximum Gasteiger partial charge on any atom is 0.243 e. The van der Waals surface area contributed by atoms with Crippen molar-refractivity contribution in [2.24, 2.45) is 5.92 Å². The van der Waals surface area contributed by atoms with Crippen LogP contribution in [0.25, 0.3) is 4.91 Å². The highest BCUT2D eigenvalue weighted by Crippen LogP contribution is 2.38. The third kappa shape index (κ3) is 2.79. The standard InChI is InChI=1S/C17H22ClN3O2S/c18-14-10-19-9-12-3-1-5-16(17(12)14)24(22,23)21-8-6-15-13(11-21)4-2-7-20-15/h5,9-10,13,15,20H,1-4,6-8,11H2. The first-order chi connectivity index (χ1) is 11.6. The lowest BCUT2D eigenvalue weighted by Gasteiger charge is -2.41. The highest BCUT2D eigenvalue weighted by atomic mass is 35.5. The summed E-state index contributed by atoms with van der Waals surface area (Å²) in [7, 11) is -3.52. The lowest BCUT2D eigenvalue weighted by atomic mass is 9.86. The minimum absolute atomic E-state index is 0.373. The summed E-state index contributed by atoms with van der Waals surface area (Å²) in [5.74, 6) is 0.416. The maximum atomic E-state index is 13.3. The van der Waals surface area contributed by atoms with Gasteiger partial charge in [0, 0.05) is 37.1 Å². The topological polar surface area (TPSA) is 62.3 Å². The number of sulfonamides is 1.